The molecule has 40 heavy (non-hydrogen) atoms. The van der Waals surface area contributed by atoms with Gasteiger partial charge in [0, 0.05) is 5.39 Å². The fraction of sp³-hybridized carbons (Fsp3) is 0.129. The highest BCUT2D eigenvalue weighted by molar-refractivity contribution is 14.1. The van der Waals surface area contributed by atoms with Crippen molar-refractivity contribution >= 4 is 68.3 Å². The molecular formula is C31H24INO6S. The molecule has 9 heteroatoms. The first-order chi connectivity index (χ1) is 19.3. The zero-order valence-electron chi connectivity index (χ0n) is 21.7. The molecule has 0 aromatic heterocycles. The van der Waals surface area contributed by atoms with Gasteiger partial charge in [-0.15, -0.1) is 0 Å². The molecule has 5 rings (SSSR count). The SMILES string of the molecule is COc1cc(/C=C2\SC(=O)N(CCOc3cccc4ccccc34)C2=O)cc(I)c1OC(=O)c1ccc(C)cc1. The Bertz CT molecular complexity index is 1640. The van der Waals surface area contributed by atoms with Crippen molar-refractivity contribution < 1.29 is 28.6 Å². The molecule has 1 saturated heterocycles. The monoisotopic (exact) mass is 665 g/mol. The lowest BCUT2D eigenvalue weighted by Crippen LogP contribution is -2.32. The maximum Gasteiger partial charge on any atom is 0.343 e. The molecule has 0 saturated carbocycles. The third-order valence-electron chi connectivity index (χ3n) is 6.23. The van der Waals surface area contributed by atoms with Crippen LogP contribution in [0.5, 0.6) is 17.2 Å². The molecule has 0 unspecified atom stereocenters. The topological polar surface area (TPSA) is 82.1 Å². The normalized spacial score (nSPS) is 14.2. The number of fused-ring (bicyclic) bond motifs is 1. The van der Waals surface area contributed by atoms with E-state index in [4.69, 9.17) is 14.2 Å². The van der Waals surface area contributed by atoms with Gasteiger partial charge in [0.05, 0.1) is 27.7 Å². The number of carbonyl (C=O) groups excluding carboxylic acids is 3. The number of halogens is 1. The van der Waals surface area contributed by atoms with Crippen LogP contribution < -0.4 is 14.2 Å². The minimum Gasteiger partial charge on any atom is -0.493 e. The number of amides is 2. The molecule has 0 radical (unpaired) electrons. The van der Waals surface area contributed by atoms with Crippen molar-refractivity contribution in [1.82, 2.24) is 4.90 Å². The third kappa shape index (κ3) is 6.00. The fourth-order valence-corrected chi connectivity index (χ4v) is 5.78. The van der Waals surface area contributed by atoms with Crippen LogP contribution in [-0.2, 0) is 4.79 Å². The second kappa shape index (κ2) is 12.1. The Kier molecular flexibility index (Phi) is 8.41. The Morgan fingerprint density at radius 1 is 0.975 bits per heavy atom. The standard InChI is InChI=1S/C31H24INO6S/c1-19-10-12-22(13-11-19)30(35)39-28-24(32)16-20(17-26(28)37-2)18-27-29(34)33(31(36)40-27)14-15-38-25-9-5-7-21-6-3-4-8-23(21)25/h3-13,16-18H,14-15H2,1-2H3/b27-18-. The molecule has 2 amide bonds. The quantitative estimate of drug-likeness (QED) is 0.0860. The molecule has 0 N–H and O–H groups in total. The van der Waals surface area contributed by atoms with Crippen LogP contribution in [0.4, 0.5) is 4.79 Å². The lowest BCUT2D eigenvalue weighted by molar-refractivity contribution is -0.123. The number of methoxy groups -OCH3 is 1. The first kappa shape index (κ1) is 27.7. The zero-order valence-corrected chi connectivity index (χ0v) is 24.7. The highest BCUT2D eigenvalue weighted by Gasteiger charge is 2.35. The van der Waals surface area contributed by atoms with E-state index in [1.807, 2.05) is 61.5 Å². The van der Waals surface area contributed by atoms with Crippen LogP contribution in [0, 0.1) is 10.5 Å². The van der Waals surface area contributed by atoms with E-state index in [1.54, 1.807) is 30.3 Å². The lowest BCUT2D eigenvalue weighted by Gasteiger charge is -2.14. The van der Waals surface area contributed by atoms with Crippen molar-refractivity contribution in [2.24, 2.45) is 0 Å². The summed E-state index contributed by atoms with van der Waals surface area (Å²) >= 11 is 2.92. The van der Waals surface area contributed by atoms with Gasteiger partial charge in [-0.25, -0.2) is 4.79 Å². The van der Waals surface area contributed by atoms with E-state index in [-0.39, 0.29) is 35.0 Å². The predicted molar refractivity (Wildman–Crippen MR) is 164 cm³/mol. The number of nitrogens with zero attached hydrogens (tertiary/aromatic N) is 1. The van der Waals surface area contributed by atoms with Crippen molar-refractivity contribution in [3.05, 3.63) is 104 Å². The number of hydrogen-bond donors (Lipinski definition) is 0. The van der Waals surface area contributed by atoms with Gasteiger partial charge in [-0.1, -0.05) is 54.1 Å². The first-order valence-electron chi connectivity index (χ1n) is 12.4. The summed E-state index contributed by atoms with van der Waals surface area (Å²) in [4.78, 5) is 39.9. The van der Waals surface area contributed by atoms with Gasteiger partial charge in [0.2, 0.25) is 0 Å². The first-order valence-corrected chi connectivity index (χ1v) is 14.3. The average molecular weight is 666 g/mol. The largest absolute Gasteiger partial charge is 0.493 e. The summed E-state index contributed by atoms with van der Waals surface area (Å²) in [6.45, 7) is 2.24. The molecule has 7 nitrogen and oxygen atoms in total. The Hall–Kier alpha value is -3.83. The fourth-order valence-electron chi connectivity index (χ4n) is 4.18. The number of hydrogen-bond acceptors (Lipinski definition) is 7. The number of thioether (sulfide) groups is 1. The van der Waals surface area contributed by atoms with E-state index in [2.05, 4.69) is 22.6 Å². The Morgan fingerprint density at radius 2 is 1.73 bits per heavy atom. The highest BCUT2D eigenvalue weighted by Crippen LogP contribution is 2.38. The third-order valence-corrected chi connectivity index (χ3v) is 7.94. The number of carbonyl (C=O) groups is 3. The summed E-state index contributed by atoms with van der Waals surface area (Å²) in [6.07, 6.45) is 1.63. The number of benzene rings is 4. The summed E-state index contributed by atoms with van der Waals surface area (Å²) in [6, 6.07) is 24.2. The van der Waals surface area contributed by atoms with Crippen LogP contribution in [0.1, 0.15) is 21.5 Å². The highest BCUT2D eigenvalue weighted by atomic mass is 127. The van der Waals surface area contributed by atoms with Crippen molar-refractivity contribution in [2.45, 2.75) is 6.92 Å². The maximum atomic E-state index is 13.1. The average Bonchev–Trinajstić information content (AvgIpc) is 3.21. The number of esters is 1. The number of imide groups is 1. The van der Waals surface area contributed by atoms with Gasteiger partial charge in [-0.05, 0) is 88.6 Å². The van der Waals surface area contributed by atoms with Crippen LogP contribution >= 0.6 is 34.4 Å². The number of rotatable bonds is 8. The molecule has 0 bridgehead atoms. The van der Waals surface area contributed by atoms with Gasteiger partial charge in [-0.3, -0.25) is 14.5 Å². The molecular weight excluding hydrogens is 641 g/mol. The second-order valence-electron chi connectivity index (χ2n) is 8.95. The van der Waals surface area contributed by atoms with Gasteiger partial charge in [0.1, 0.15) is 12.4 Å². The molecule has 4 aromatic carbocycles. The van der Waals surface area contributed by atoms with E-state index < -0.39 is 5.97 Å². The van der Waals surface area contributed by atoms with Crippen LogP contribution in [-0.4, -0.2) is 42.3 Å². The van der Waals surface area contributed by atoms with Gasteiger partial charge in [0.15, 0.2) is 11.5 Å². The van der Waals surface area contributed by atoms with Crippen molar-refractivity contribution in [2.75, 3.05) is 20.3 Å². The van der Waals surface area contributed by atoms with Crippen molar-refractivity contribution in [1.29, 1.82) is 0 Å². The molecule has 4 aromatic rings. The zero-order chi connectivity index (χ0) is 28.2. The van der Waals surface area contributed by atoms with Crippen LogP contribution in [0.15, 0.2) is 83.8 Å². The molecule has 1 aliphatic heterocycles. The summed E-state index contributed by atoms with van der Waals surface area (Å²) in [5.41, 5.74) is 2.09. The Balaban J connectivity index is 1.28. The van der Waals surface area contributed by atoms with E-state index in [0.717, 1.165) is 28.1 Å². The second-order valence-corrected chi connectivity index (χ2v) is 11.1. The van der Waals surface area contributed by atoms with E-state index in [1.165, 1.54) is 12.0 Å². The van der Waals surface area contributed by atoms with Crippen LogP contribution in [0.2, 0.25) is 0 Å². The van der Waals surface area contributed by atoms with Gasteiger partial charge >= 0.3 is 5.97 Å². The van der Waals surface area contributed by atoms with Gasteiger partial charge in [-0.2, -0.15) is 0 Å². The van der Waals surface area contributed by atoms with Crippen LogP contribution in [0.3, 0.4) is 0 Å². The lowest BCUT2D eigenvalue weighted by atomic mass is 10.1. The molecule has 202 valence electrons. The summed E-state index contributed by atoms with van der Waals surface area (Å²) in [7, 11) is 1.47. The van der Waals surface area contributed by atoms with Gasteiger partial charge < -0.3 is 14.2 Å². The van der Waals surface area contributed by atoms with E-state index in [9.17, 15) is 14.4 Å². The van der Waals surface area contributed by atoms with Crippen LogP contribution in [0.25, 0.3) is 16.8 Å². The van der Waals surface area contributed by atoms with Gasteiger partial charge in [0.25, 0.3) is 11.1 Å². The number of aryl methyl sites for hydroxylation is 1. The predicted octanol–water partition coefficient (Wildman–Crippen LogP) is 7.10. The Morgan fingerprint density at radius 3 is 2.50 bits per heavy atom. The minimum atomic E-state index is -0.504. The molecule has 0 spiro atoms. The molecule has 1 heterocycles. The number of ether oxygens (including phenoxy) is 3. The maximum absolute atomic E-state index is 13.1. The smallest absolute Gasteiger partial charge is 0.343 e. The van der Waals surface area contributed by atoms with Crippen molar-refractivity contribution in [3.8, 4) is 17.2 Å². The van der Waals surface area contributed by atoms with E-state index in [0.29, 0.717) is 26.2 Å². The van der Waals surface area contributed by atoms with Crippen molar-refractivity contribution in [3.63, 3.8) is 0 Å². The Labute approximate surface area is 249 Å². The molecule has 1 fully saturated rings. The summed E-state index contributed by atoms with van der Waals surface area (Å²) in [5, 5.41) is 1.66. The van der Waals surface area contributed by atoms with E-state index >= 15 is 0 Å². The summed E-state index contributed by atoms with van der Waals surface area (Å²) < 4.78 is 17.7. The molecule has 0 aliphatic carbocycles. The summed E-state index contributed by atoms with van der Waals surface area (Å²) in [5.74, 6) is 0.424. The minimum absolute atomic E-state index is 0.125. The molecule has 0 atom stereocenters. The molecule has 1 aliphatic rings.